The lowest BCUT2D eigenvalue weighted by Gasteiger charge is -2.46. The second-order valence-corrected chi connectivity index (χ2v) is 5.12. The summed E-state index contributed by atoms with van der Waals surface area (Å²) in [5.74, 6) is 0. The van der Waals surface area contributed by atoms with Gasteiger partial charge in [0.15, 0.2) is 0 Å². The molecule has 0 saturated carbocycles. The summed E-state index contributed by atoms with van der Waals surface area (Å²) in [6, 6.07) is 0.667. The predicted octanol–water partition coefficient (Wildman–Crippen LogP) is 1.49. The highest BCUT2D eigenvalue weighted by Gasteiger charge is 2.32. The van der Waals surface area contributed by atoms with Crippen LogP contribution in [0.25, 0.3) is 0 Å². The van der Waals surface area contributed by atoms with Crippen molar-refractivity contribution < 1.29 is 4.74 Å². The number of hydrogen-bond donors (Lipinski definition) is 1. The summed E-state index contributed by atoms with van der Waals surface area (Å²) in [5, 5.41) is 3.63. The van der Waals surface area contributed by atoms with Crippen LogP contribution in [0.5, 0.6) is 0 Å². The van der Waals surface area contributed by atoms with Crippen molar-refractivity contribution in [3.8, 4) is 0 Å². The molecule has 1 aliphatic heterocycles. The third kappa shape index (κ3) is 3.74. The lowest BCUT2D eigenvalue weighted by Crippen LogP contribution is -2.62. The monoisotopic (exact) mass is 214 g/mol. The van der Waals surface area contributed by atoms with Crippen LogP contribution >= 0.6 is 0 Å². The zero-order valence-electron chi connectivity index (χ0n) is 10.7. The second-order valence-electron chi connectivity index (χ2n) is 5.12. The van der Waals surface area contributed by atoms with Crippen LogP contribution in [0.1, 0.15) is 33.6 Å². The van der Waals surface area contributed by atoms with Gasteiger partial charge in [-0.05, 0) is 20.3 Å². The Balaban J connectivity index is 2.46. The van der Waals surface area contributed by atoms with Crippen molar-refractivity contribution >= 4 is 0 Å². The van der Waals surface area contributed by atoms with Crippen molar-refractivity contribution in [2.75, 3.05) is 33.4 Å². The van der Waals surface area contributed by atoms with Gasteiger partial charge in [-0.15, -0.1) is 0 Å². The fraction of sp³-hybridized carbons (Fsp3) is 1.00. The Morgan fingerprint density at radius 2 is 2.20 bits per heavy atom. The van der Waals surface area contributed by atoms with Crippen molar-refractivity contribution in [1.29, 1.82) is 0 Å². The zero-order valence-corrected chi connectivity index (χ0v) is 10.7. The van der Waals surface area contributed by atoms with Crippen LogP contribution in [0, 0.1) is 0 Å². The molecular weight excluding hydrogens is 188 g/mol. The van der Waals surface area contributed by atoms with Crippen LogP contribution in [0.3, 0.4) is 0 Å². The smallest absolute Gasteiger partial charge is 0.0589 e. The Kier molecular flexibility index (Phi) is 5.03. The van der Waals surface area contributed by atoms with Crippen LogP contribution in [-0.4, -0.2) is 49.8 Å². The van der Waals surface area contributed by atoms with Gasteiger partial charge in [0.25, 0.3) is 0 Å². The summed E-state index contributed by atoms with van der Waals surface area (Å²) in [7, 11) is 1.78. The van der Waals surface area contributed by atoms with Crippen molar-refractivity contribution in [1.82, 2.24) is 10.2 Å². The molecule has 0 aromatic rings. The molecule has 3 nitrogen and oxygen atoms in total. The quantitative estimate of drug-likeness (QED) is 0.750. The highest BCUT2D eigenvalue weighted by molar-refractivity contribution is 4.92. The molecule has 1 saturated heterocycles. The molecular formula is C12H26N2O. The first kappa shape index (κ1) is 12.9. The summed E-state index contributed by atoms with van der Waals surface area (Å²) in [4.78, 5) is 2.55. The minimum absolute atomic E-state index is 0.267. The molecule has 0 aromatic carbocycles. The van der Waals surface area contributed by atoms with Crippen LogP contribution in [0.15, 0.2) is 0 Å². The van der Waals surface area contributed by atoms with Gasteiger partial charge in [0.1, 0.15) is 0 Å². The first-order chi connectivity index (χ1) is 7.10. The Labute approximate surface area is 94.2 Å². The molecule has 0 aliphatic carbocycles. The number of nitrogens with zero attached hydrogens (tertiary/aromatic N) is 1. The number of ether oxygens (including phenoxy) is 1. The molecule has 0 bridgehead atoms. The van der Waals surface area contributed by atoms with Gasteiger partial charge in [-0.1, -0.05) is 13.3 Å². The summed E-state index contributed by atoms with van der Waals surface area (Å²) in [5.41, 5.74) is 0.267. The van der Waals surface area contributed by atoms with E-state index < -0.39 is 0 Å². The van der Waals surface area contributed by atoms with Gasteiger partial charge in [0.2, 0.25) is 0 Å². The topological polar surface area (TPSA) is 24.5 Å². The third-order valence-electron chi connectivity index (χ3n) is 3.32. The molecule has 1 heterocycles. The van der Waals surface area contributed by atoms with E-state index in [1.54, 1.807) is 7.11 Å². The largest absolute Gasteiger partial charge is 0.383 e. The Bertz CT molecular complexity index is 182. The van der Waals surface area contributed by atoms with E-state index in [9.17, 15) is 0 Å². The number of methoxy groups -OCH3 is 1. The molecule has 1 rings (SSSR count). The highest BCUT2D eigenvalue weighted by Crippen LogP contribution is 2.19. The average Bonchev–Trinajstić information content (AvgIpc) is 2.19. The van der Waals surface area contributed by atoms with E-state index in [0.29, 0.717) is 6.04 Å². The Hall–Kier alpha value is -0.120. The number of nitrogens with one attached hydrogen (secondary N) is 1. The summed E-state index contributed by atoms with van der Waals surface area (Å²) < 4.78 is 5.17. The second kappa shape index (κ2) is 5.83. The van der Waals surface area contributed by atoms with E-state index >= 15 is 0 Å². The first-order valence-corrected chi connectivity index (χ1v) is 6.07. The van der Waals surface area contributed by atoms with Gasteiger partial charge < -0.3 is 10.1 Å². The van der Waals surface area contributed by atoms with E-state index in [2.05, 4.69) is 31.0 Å². The molecule has 90 valence electrons. The van der Waals surface area contributed by atoms with Crippen LogP contribution in [-0.2, 0) is 4.74 Å². The Morgan fingerprint density at radius 3 is 2.80 bits per heavy atom. The Morgan fingerprint density at radius 1 is 1.47 bits per heavy atom. The van der Waals surface area contributed by atoms with Gasteiger partial charge in [0.05, 0.1) is 6.61 Å². The van der Waals surface area contributed by atoms with E-state index in [1.165, 1.54) is 12.8 Å². The van der Waals surface area contributed by atoms with Crippen molar-refractivity contribution in [2.24, 2.45) is 0 Å². The predicted molar refractivity (Wildman–Crippen MR) is 64.2 cm³/mol. The SMILES string of the molecule is CCCC1CN(CCOC)C(C)(C)CN1. The van der Waals surface area contributed by atoms with Crippen molar-refractivity contribution in [3.05, 3.63) is 0 Å². The zero-order chi connectivity index (χ0) is 11.3. The average molecular weight is 214 g/mol. The van der Waals surface area contributed by atoms with E-state index in [4.69, 9.17) is 4.74 Å². The number of piperazine rings is 1. The summed E-state index contributed by atoms with van der Waals surface area (Å²) >= 11 is 0. The van der Waals surface area contributed by atoms with Crippen LogP contribution in [0.2, 0.25) is 0 Å². The highest BCUT2D eigenvalue weighted by atomic mass is 16.5. The van der Waals surface area contributed by atoms with E-state index in [-0.39, 0.29) is 5.54 Å². The molecule has 3 heteroatoms. The van der Waals surface area contributed by atoms with Gasteiger partial charge in [-0.2, -0.15) is 0 Å². The maximum atomic E-state index is 5.17. The standard InChI is InChI=1S/C12H26N2O/c1-5-6-11-9-14(7-8-15-4)12(2,3)10-13-11/h11,13H,5-10H2,1-4H3. The number of rotatable bonds is 5. The molecule has 1 aliphatic rings. The van der Waals surface area contributed by atoms with Gasteiger partial charge in [-0.25, -0.2) is 0 Å². The minimum Gasteiger partial charge on any atom is -0.383 e. The fourth-order valence-corrected chi connectivity index (χ4v) is 2.22. The molecule has 15 heavy (non-hydrogen) atoms. The van der Waals surface area contributed by atoms with Gasteiger partial charge in [-0.3, -0.25) is 4.90 Å². The molecule has 1 atom stereocenters. The summed E-state index contributed by atoms with van der Waals surface area (Å²) in [6.07, 6.45) is 2.54. The molecule has 0 aromatic heterocycles. The minimum atomic E-state index is 0.267. The fourth-order valence-electron chi connectivity index (χ4n) is 2.22. The molecule has 0 radical (unpaired) electrons. The van der Waals surface area contributed by atoms with Gasteiger partial charge >= 0.3 is 0 Å². The molecule has 1 unspecified atom stereocenters. The van der Waals surface area contributed by atoms with E-state index in [0.717, 1.165) is 26.2 Å². The lowest BCUT2D eigenvalue weighted by molar-refractivity contribution is 0.0385. The normalized spacial score (nSPS) is 26.8. The van der Waals surface area contributed by atoms with Crippen molar-refractivity contribution in [2.45, 2.75) is 45.2 Å². The van der Waals surface area contributed by atoms with E-state index in [1.807, 2.05) is 0 Å². The third-order valence-corrected chi connectivity index (χ3v) is 3.32. The molecule has 0 spiro atoms. The van der Waals surface area contributed by atoms with Crippen molar-refractivity contribution in [3.63, 3.8) is 0 Å². The number of hydrogen-bond acceptors (Lipinski definition) is 3. The molecule has 0 amide bonds. The van der Waals surface area contributed by atoms with Gasteiger partial charge in [0, 0.05) is 38.3 Å². The van der Waals surface area contributed by atoms with Crippen LogP contribution < -0.4 is 5.32 Å². The first-order valence-electron chi connectivity index (χ1n) is 6.07. The maximum Gasteiger partial charge on any atom is 0.0589 e. The van der Waals surface area contributed by atoms with Crippen LogP contribution in [0.4, 0.5) is 0 Å². The molecule has 1 fully saturated rings. The molecule has 1 N–H and O–H groups in total. The summed E-state index contributed by atoms with van der Waals surface area (Å²) in [6.45, 7) is 11.0. The maximum absolute atomic E-state index is 5.17. The lowest BCUT2D eigenvalue weighted by atomic mass is 9.96.